The summed E-state index contributed by atoms with van der Waals surface area (Å²) >= 11 is 0. The summed E-state index contributed by atoms with van der Waals surface area (Å²) < 4.78 is 10.9. The predicted octanol–water partition coefficient (Wildman–Crippen LogP) is 5.10. The molecule has 2 N–H and O–H groups in total. The molecule has 11 heteroatoms. The number of nitrogens with zero attached hydrogens (tertiary/aromatic N) is 2. The van der Waals surface area contributed by atoms with Crippen LogP contribution in [0.4, 0.5) is 4.79 Å². The van der Waals surface area contributed by atoms with Gasteiger partial charge in [-0.1, -0.05) is 67.5 Å². The van der Waals surface area contributed by atoms with Crippen molar-refractivity contribution in [3.05, 3.63) is 72.3 Å². The number of allylic oxidation sites excluding steroid dienone is 1. The molecule has 0 spiro atoms. The highest BCUT2D eigenvalue weighted by Gasteiger charge is 2.63. The van der Waals surface area contributed by atoms with Crippen LogP contribution >= 0.6 is 0 Å². The molecule has 51 heavy (non-hydrogen) atoms. The molecule has 0 radical (unpaired) electrons. The Morgan fingerprint density at radius 3 is 2.37 bits per heavy atom. The van der Waals surface area contributed by atoms with Gasteiger partial charge in [-0.05, 0) is 76.6 Å². The number of hydrogen-bond donors (Lipinski definition) is 2. The number of benzene rings is 2. The molecule has 4 amide bonds. The average molecular weight is 699 g/mol. The molecule has 2 saturated heterocycles. The zero-order chi connectivity index (χ0) is 36.3. The fourth-order valence-electron chi connectivity index (χ4n) is 7.85. The zero-order valence-electron chi connectivity index (χ0n) is 30.1. The standard InChI is InChI=1S/C40H50N4O7/c1-5-50-37(48)40-22-30(40)16-12-7-6-8-13-17-32(41-38(49)51-39(2,3)4)36(47)44-24-29-23-43(25-31(29)33(44)34(45)42-40)35(46)28-20-18-27(19-21-28)26-14-10-9-11-15-26/h9-12,14-16,18-21,29-33H,5-8,13,17,22-25H2,1-4H3,(H,41,49)(H,42,45)/b16-12-/t29-,30+,31-,32-,33-,40+/m0/s1. The van der Waals surface area contributed by atoms with Crippen LogP contribution in [0.15, 0.2) is 66.7 Å². The molecule has 0 bridgehead atoms. The second kappa shape index (κ2) is 14.9. The van der Waals surface area contributed by atoms with Crippen molar-refractivity contribution < 1.29 is 33.4 Å². The van der Waals surface area contributed by atoms with Crippen molar-refractivity contribution >= 4 is 29.8 Å². The lowest BCUT2D eigenvalue weighted by Gasteiger charge is -2.33. The van der Waals surface area contributed by atoms with Gasteiger partial charge >= 0.3 is 12.1 Å². The lowest BCUT2D eigenvalue weighted by Crippen LogP contribution is -2.58. The minimum atomic E-state index is -1.21. The highest BCUT2D eigenvalue weighted by atomic mass is 16.6. The SMILES string of the molecule is CCOC(=O)[C@@]12C[C@H]1/C=C\CCCCC[C@H](NC(=O)OC(C)(C)C)C(=O)N1C[C@@H]3CN(C(=O)c4ccc(-c5ccccc5)cc4)C[C@@H]3[C@H]1C(=O)N2. The zero-order valence-corrected chi connectivity index (χ0v) is 30.1. The molecule has 3 heterocycles. The van der Waals surface area contributed by atoms with E-state index in [4.69, 9.17) is 9.47 Å². The second-order valence-corrected chi connectivity index (χ2v) is 15.3. The molecule has 6 atom stereocenters. The minimum Gasteiger partial charge on any atom is -0.464 e. The number of rotatable bonds is 5. The van der Waals surface area contributed by atoms with Gasteiger partial charge in [0.1, 0.15) is 23.2 Å². The van der Waals surface area contributed by atoms with E-state index in [1.54, 1.807) is 37.5 Å². The Morgan fingerprint density at radius 1 is 0.941 bits per heavy atom. The number of alkyl carbamates (subject to hydrolysis) is 1. The number of nitrogens with one attached hydrogen (secondary N) is 2. The van der Waals surface area contributed by atoms with E-state index in [9.17, 15) is 24.0 Å². The third-order valence-electron chi connectivity index (χ3n) is 10.5. The van der Waals surface area contributed by atoms with Gasteiger partial charge < -0.3 is 29.9 Å². The lowest BCUT2D eigenvalue weighted by atomic mass is 9.93. The number of esters is 1. The molecule has 0 unspecified atom stereocenters. The monoisotopic (exact) mass is 698 g/mol. The van der Waals surface area contributed by atoms with Crippen LogP contribution in [0, 0.1) is 17.8 Å². The largest absolute Gasteiger partial charge is 0.464 e. The Labute approximate surface area is 300 Å². The van der Waals surface area contributed by atoms with Crippen molar-refractivity contribution in [3.8, 4) is 11.1 Å². The van der Waals surface area contributed by atoms with Gasteiger partial charge in [0, 0.05) is 43.0 Å². The number of amides is 4. The van der Waals surface area contributed by atoms with Crippen molar-refractivity contribution in [2.45, 2.75) is 89.4 Å². The van der Waals surface area contributed by atoms with Gasteiger partial charge in [0.25, 0.3) is 5.91 Å². The first-order valence-corrected chi connectivity index (χ1v) is 18.3. The highest BCUT2D eigenvalue weighted by molar-refractivity contribution is 5.98. The maximum Gasteiger partial charge on any atom is 0.408 e. The van der Waals surface area contributed by atoms with E-state index in [2.05, 4.69) is 10.6 Å². The van der Waals surface area contributed by atoms with Gasteiger partial charge in [0.15, 0.2) is 0 Å². The van der Waals surface area contributed by atoms with Crippen molar-refractivity contribution in [1.29, 1.82) is 0 Å². The summed E-state index contributed by atoms with van der Waals surface area (Å²) in [6, 6.07) is 15.6. The number of carbonyl (C=O) groups excluding carboxylic acids is 5. The van der Waals surface area contributed by atoms with Crippen molar-refractivity contribution in [1.82, 2.24) is 20.4 Å². The Balaban J connectivity index is 1.27. The van der Waals surface area contributed by atoms with Gasteiger partial charge in [-0.25, -0.2) is 9.59 Å². The molecule has 1 saturated carbocycles. The van der Waals surface area contributed by atoms with E-state index in [0.717, 1.165) is 30.4 Å². The van der Waals surface area contributed by atoms with Crippen molar-refractivity contribution in [3.63, 3.8) is 0 Å². The summed E-state index contributed by atoms with van der Waals surface area (Å²) in [5.41, 5.74) is 0.640. The first-order valence-electron chi connectivity index (χ1n) is 18.3. The van der Waals surface area contributed by atoms with Crippen molar-refractivity contribution in [2.75, 3.05) is 26.2 Å². The number of ether oxygens (including phenoxy) is 2. The summed E-state index contributed by atoms with van der Waals surface area (Å²) in [4.78, 5) is 72.3. The maximum absolute atomic E-state index is 14.5. The highest BCUT2D eigenvalue weighted by Crippen LogP contribution is 2.47. The molecule has 1 aliphatic carbocycles. The number of hydrogen-bond acceptors (Lipinski definition) is 7. The van der Waals surface area contributed by atoms with Gasteiger partial charge in [0.2, 0.25) is 11.8 Å². The fraction of sp³-hybridized carbons (Fsp3) is 0.525. The van der Waals surface area contributed by atoms with E-state index in [0.29, 0.717) is 31.4 Å². The average Bonchev–Trinajstić information content (AvgIpc) is 3.44. The summed E-state index contributed by atoms with van der Waals surface area (Å²) in [5.74, 6) is -2.20. The summed E-state index contributed by atoms with van der Waals surface area (Å²) in [7, 11) is 0. The fourth-order valence-corrected chi connectivity index (χ4v) is 7.85. The molecule has 6 rings (SSSR count). The summed E-state index contributed by atoms with van der Waals surface area (Å²) in [6.45, 7) is 8.06. The van der Waals surface area contributed by atoms with E-state index < -0.39 is 41.2 Å². The van der Waals surface area contributed by atoms with Crippen LogP contribution in [0.3, 0.4) is 0 Å². The van der Waals surface area contributed by atoms with Gasteiger partial charge in [-0.15, -0.1) is 0 Å². The molecule has 3 aliphatic heterocycles. The predicted molar refractivity (Wildman–Crippen MR) is 191 cm³/mol. The minimum absolute atomic E-state index is 0.140. The molecule has 2 aromatic rings. The van der Waals surface area contributed by atoms with E-state index >= 15 is 0 Å². The van der Waals surface area contributed by atoms with E-state index in [1.807, 2.05) is 66.7 Å². The quantitative estimate of drug-likeness (QED) is 0.328. The van der Waals surface area contributed by atoms with Crippen LogP contribution in [-0.4, -0.2) is 89.0 Å². The summed E-state index contributed by atoms with van der Waals surface area (Å²) in [6.07, 6.45) is 7.35. The topological polar surface area (TPSA) is 134 Å². The van der Waals surface area contributed by atoms with Crippen LogP contribution in [0.25, 0.3) is 11.1 Å². The normalized spacial score (nSPS) is 28.6. The smallest absolute Gasteiger partial charge is 0.408 e. The Kier molecular flexibility index (Phi) is 10.6. The molecular weight excluding hydrogens is 648 g/mol. The first-order chi connectivity index (χ1) is 24.4. The Bertz CT molecular complexity index is 1650. The molecule has 2 aromatic carbocycles. The maximum atomic E-state index is 14.5. The molecule has 3 fully saturated rings. The van der Waals surface area contributed by atoms with Gasteiger partial charge in [0.05, 0.1) is 6.61 Å². The third-order valence-corrected chi connectivity index (χ3v) is 10.5. The van der Waals surface area contributed by atoms with Crippen LogP contribution in [0.1, 0.15) is 76.6 Å². The Morgan fingerprint density at radius 2 is 1.67 bits per heavy atom. The number of likely N-dealkylation sites (tertiary alicyclic amines) is 1. The molecule has 11 nitrogen and oxygen atoms in total. The van der Waals surface area contributed by atoms with Gasteiger partial charge in [-0.3, -0.25) is 14.4 Å². The van der Waals surface area contributed by atoms with Gasteiger partial charge in [-0.2, -0.15) is 0 Å². The first kappa shape index (κ1) is 36.1. The van der Waals surface area contributed by atoms with Crippen LogP contribution in [0.5, 0.6) is 0 Å². The van der Waals surface area contributed by atoms with Crippen LogP contribution in [0.2, 0.25) is 0 Å². The van der Waals surface area contributed by atoms with E-state index in [-0.39, 0.29) is 49.3 Å². The molecular formula is C40H50N4O7. The number of carbonyl (C=O) groups is 5. The third kappa shape index (κ3) is 7.97. The van der Waals surface area contributed by atoms with Crippen LogP contribution in [-0.2, 0) is 23.9 Å². The van der Waals surface area contributed by atoms with E-state index in [1.165, 1.54) is 0 Å². The second-order valence-electron chi connectivity index (χ2n) is 15.3. The molecule has 0 aromatic heterocycles. The van der Waals surface area contributed by atoms with Crippen molar-refractivity contribution in [2.24, 2.45) is 17.8 Å². The molecule has 272 valence electrons. The number of fused-ring (bicyclic) bond motifs is 4. The lowest BCUT2D eigenvalue weighted by molar-refractivity contribution is -0.150. The Hall–Kier alpha value is -4.67. The van der Waals surface area contributed by atoms with Crippen LogP contribution < -0.4 is 10.6 Å². The molecule has 4 aliphatic rings. The summed E-state index contributed by atoms with van der Waals surface area (Å²) in [5, 5.41) is 5.83.